The molecule has 3 aliphatic rings. The lowest BCUT2D eigenvalue weighted by molar-refractivity contribution is -0.161. The van der Waals surface area contributed by atoms with E-state index in [1.54, 1.807) is 34.9 Å². The summed E-state index contributed by atoms with van der Waals surface area (Å²) in [4.78, 5) is 84.2. The highest BCUT2D eigenvalue weighted by Gasteiger charge is 2.56. The molecule has 384 valence electrons. The molecule has 0 radical (unpaired) electrons. The number of ether oxygens (including phenoxy) is 3. The molecule has 0 spiro atoms. The van der Waals surface area contributed by atoms with Gasteiger partial charge in [-0.05, 0) is 184 Å². The Kier molecular flexibility index (Phi) is 25.5. The summed E-state index contributed by atoms with van der Waals surface area (Å²) in [7, 11) is 3.54. The smallest absolute Gasteiger partial charge is 0.328 e. The molecule has 2 amide bonds. The van der Waals surface area contributed by atoms with Crippen LogP contribution in [0.1, 0.15) is 188 Å². The van der Waals surface area contributed by atoms with E-state index in [2.05, 4.69) is 54.2 Å². The van der Waals surface area contributed by atoms with E-state index in [0.717, 1.165) is 70.6 Å². The van der Waals surface area contributed by atoms with E-state index in [4.69, 9.17) is 14.2 Å². The van der Waals surface area contributed by atoms with Crippen molar-refractivity contribution in [1.29, 1.82) is 0 Å². The first-order chi connectivity index (χ1) is 32.3. The number of likely N-dealkylation sites (N-methyl/N-ethyl adjacent to an activating group) is 2. The Morgan fingerprint density at radius 1 is 0.706 bits per heavy atom. The van der Waals surface area contributed by atoms with Gasteiger partial charge in [-0.3, -0.25) is 14.4 Å². The standard InChI is InChI=1S/C38H58N2O6.C16H30N2O4/c1-23(2)20-32(39-7)36(43)45-27-13-15-28-26(22-27)12-14-30-29(28)18-19-38(6)31(30)16-17-34(38)46-37(44)33(21-24(3)4)40-35(42)11-9-8-10-25(5)41;1-4-22-16(21)14(17-3)10-7-8-12-18-15(20)11-6-5-9-13(2)19/h13,15,22-24,29-34,39H,8-12,14,16-21H2,1-7H3,(H,40,42);14,17H,4-12H2,1-3H3,(H,18,20)/t29?,30?,31?,32?,33?,34-,38-;/m0./s1. The number of carbonyl (C=O) groups excluding carboxylic acids is 7. The molecular formula is C54H88N4O10. The minimum absolute atomic E-state index is 0.0270. The lowest BCUT2D eigenvalue weighted by Gasteiger charge is -2.50. The van der Waals surface area contributed by atoms with Crippen LogP contribution in [0.2, 0.25) is 0 Å². The summed E-state index contributed by atoms with van der Waals surface area (Å²) in [6.07, 6.45) is 14.1. The van der Waals surface area contributed by atoms with Crippen LogP contribution in [0.4, 0.5) is 0 Å². The third kappa shape index (κ3) is 19.0. The minimum atomic E-state index is -0.655. The van der Waals surface area contributed by atoms with Crippen molar-refractivity contribution in [1.82, 2.24) is 21.3 Å². The fourth-order valence-corrected chi connectivity index (χ4v) is 10.7. The molecule has 2 saturated carbocycles. The van der Waals surface area contributed by atoms with Crippen molar-refractivity contribution in [3.8, 4) is 5.75 Å². The van der Waals surface area contributed by atoms with E-state index in [9.17, 15) is 33.6 Å². The molecule has 14 heteroatoms. The van der Waals surface area contributed by atoms with Crippen molar-refractivity contribution in [2.45, 2.75) is 208 Å². The Bertz CT molecular complexity index is 1800. The molecule has 3 aliphatic carbocycles. The number of hydrogen-bond donors (Lipinski definition) is 4. The number of rotatable bonds is 28. The van der Waals surface area contributed by atoms with Gasteiger partial charge in [0, 0.05) is 37.6 Å². The van der Waals surface area contributed by atoms with Gasteiger partial charge in [0.1, 0.15) is 41.5 Å². The van der Waals surface area contributed by atoms with Gasteiger partial charge in [0.2, 0.25) is 11.8 Å². The van der Waals surface area contributed by atoms with Crippen molar-refractivity contribution in [2.24, 2.45) is 29.1 Å². The van der Waals surface area contributed by atoms with Gasteiger partial charge >= 0.3 is 17.9 Å². The second kappa shape index (κ2) is 29.8. The number of hydrogen-bond acceptors (Lipinski definition) is 12. The topological polar surface area (TPSA) is 195 Å². The van der Waals surface area contributed by atoms with Crippen LogP contribution in [0.15, 0.2) is 18.2 Å². The maximum Gasteiger partial charge on any atom is 0.328 e. The first-order valence-electron chi connectivity index (χ1n) is 25.9. The number of Topliss-reactive ketones (excluding diaryl/α,β-unsaturated/α-hetero) is 2. The van der Waals surface area contributed by atoms with Crippen LogP contribution in [0, 0.1) is 29.1 Å². The minimum Gasteiger partial charge on any atom is -0.465 e. The Morgan fingerprint density at radius 3 is 1.93 bits per heavy atom. The number of esters is 3. The van der Waals surface area contributed by atoms with Crippen molar-refractivity contribution >= 4 is 41.3 Å². The van der Waals surface area contributed by atoms with Gasteiger partial charge in [0.05, 0.1) is 6.61 Å². The van der Waals surface area contributed by atoms with Crippen LogP contribution < -0.4 is 26.0 Å². The van der Waals surface area contributed by atoms with E-state index >= 15 is 0 Å². The highest BCUT2D eigenvalue weighted by molar-refractivity contribution is 5.84. The number of fused-ring (bicyclic) bond motifs is 5. The van der Waals surface area contributed by atoms with Gasteiger partial charge in [-0.1, -0.05) is 40.7 Å². The number of aryl methyl sites for hydroxylation is 1. The number of amides is 2. The zero-order valence-electron chi connectivity index (χ0n) is 43.4. The molecule has 0 saturated heterocycles. The summed E-state index contributed by atoms with van der Waals surface area (Å²) in [5.41, 5.74) is 2.59. The molecule has 68 heavy (non-hydrogen) atoms. The third-order valence-corrected chi connectivity index (χ3v) is 14.3. The van der Waals surface area contributed by atoms with Gasteiger partial charge in [0.25, 0.3) is 0 Å². The van der Waals surface area contributed by atoms with E-state index < -0.39 is 6.04 Å². The fraction of sp³-hybridized carbons (Fsp3) is 0.759. The summed E-state index contributed by atoms with van der Waals surface area (Å²) in [5.74, 6) is 2.11. The van der Waals surface area contributed by atoms with Crippen LogP contribution in [-0.4, -0.2) is 92.8 Å². The van der Waals surface area contributed by atoms with Crippen LogP contribution in [0.3, 0.4) is 0 Å². The summed E-state index contributed by atoms with van der Waals surface area (Å²) in [6.45, 7) is 16.5. The molecule has 2 fully saturated rings. The molecule has 0 heterocycles. The van der Waals surface area contributed by atoms with Crippen molar-refractivity contribution in [2.75, 3.05) is 27.2 Å². The number of ketones is 2. The van der Waals surface area contributed by atoms with Gasteiger partial charge in [-0.2, -0.15) is 0 Å². The Hall–Kier alpha value is -4.17. The van der Waals surface area contributed by atoms with E-state index in [0.29, 0.717) is 93.9 Å². The lowest BCUT2D eigenvalue weighted by Crippen LogP contribution is -2.48. The van der Waals surface area contributed by atoms with Crippen LogP contribution in [0.25, 0.3) is 0 Å². The Morgan fingerprint density at radius 2 is 1.32 bits per heavy atom. The SMILES string of the molecule is CCOC(=O)C(CCCCNC(=O)CCCCC(C)=O)NC.CNC(CC(C)C)C(=O)Oc1ccc2c(c1)CCC1C2CC[C@@]2(C)C1CC[C@@H]2OC(=O)C(CC(C)C)NC(=O)CCCCC(C)=O. The normalized spacial score (nSPS) is 21.7. The highest BCUT2D eigenvalue weighted by atomic mass is 16.5. The molecule has 0 aliphatic heterocycles. The van der Waals surface area contributed by atoms with Gasteiger partial charge < -0.3 is 45.1 Å². The third-order valence-electron chi connectivity index (χ3n) is 14.3. The second-order valence-corrected chi connectivity index (χ2v) is 20.7. The molecular weight excluding hydrogens is 865 g/mol. The summed E-state index contributed by atoms with van der Waals surface area (Å²) in [5, 5.41) is 11.8. The molecule has 4 rings (SSSR count). The Balaban J connectivity index is 0.000000470. The zero-order chi connectivity index (χ0) is 50.4. The van der Waals surface area contributed by atoms with Crippen molar-refractivity contribution in [3.63, 3.8) is 0 Å². The van der Waals surface area contributed by atoms with Gasteiger partial charge in [0.15, 0.2) is 0 Å². The highest BCUT2D eigenvalue weighted by Crippen LogP contribution is 2.61. The van der Waals surface area contributed by atoms with E-state index in [1.165, 1.54) is 11.1 Å². The second-order valence-electron chi connectivity index (χ2n) is 20.7. The quantitative estimate of drug-likeness (QED) is 0.0358. The average molecular weight is 953 g/mol. The molecule has 4 N–H and O–H groups in total. The lowest BCUT2D eigenvalue weighted by atomic mass is 9.55. The summed E-state index contributed by atoms with van der Waals surface area (Å²) >= 11 is 0. The predicted octanol–water partition coefficient (Wildman–Crippen LogP) is 8.25. The molecule has 6 unspecified atom stereocenters. The molecule has 0 aromatic heterocycles. The number of nitrogens with one attached hydrogen (secondary N) is 4. The number of benzene rings is 1. The first kappa shape index (κ1) is 58.1. The average Bonchev–Trinajstić information content (AvgIpc) is 3.61. The van der Waals surface area contributed by atoms with Crippen molar-refractivity contribution in [3.05, 3.63) is 29.3 Å². The summed E-state index contributed by atoms with van der Waals surface area (Å²) < 4.78 is 17.1. The maximum absolute atomic E-state index is 13.6. The Labute approximate surface area is 408 Å². The number of carbonyl (C=O) groups is 7. The molecule has 14 nitrogen and oxygen atoms in total. The fourth-order valence-electron chi connectivity index (χ4n) is 10.7. The van der Waals surface area contributed by atoms with Crippen molar-refractivity contribution < 1.29 is 47.8 Å². The molecule has 1 aromatic carbocycles. The first-order valence-corrected chi connectivity index (χ1v) is 25.9. The maximum atomic E-state index is 13.6. The molecule has 8 atom stereocenters. The van der Waals surface area contributed by atoms with Crippen LogP contribution in [-0.2, 0) is 49.5 Å². The monoisotopic (exact) mass is 953 g/mol. The molecule has 0 bridgehead atoms. The largest absolute Gasteiger partial charge is 0.465 e. The van der Waals surface area contributed by atoms with Crippen LogP contribution >= 0.6 is 0 Å². The number of unbranched alkanes of at least 4 members (excludes halogenated alkanes) is 3. The molecule has 1 aromatic rings. The van der Waals surface area contributed by atoms with Crippen LogP contribution in [0.5, 0.6) is 5.75 Å². The van der Waals surface area contributed by atoms with Gasteiger partial charge in [-0.15, -0.1) is 0 Å². The van der Waals surface area contributed by atoms with E-state index in [1.807, 2.05) is 19.9 Å². The van der Waals surface area contributed by atoms with E-state index in [-0.39, 0.29) is 70.8 Å². The predicted molar refractivity (Wildman–Crippen MR) is 265 cm³/mol. The zero-order valence-corrected chi connectivity index (χ0v) is 43.4. The summed E-state index contributed by atoms with van der Waals surface area (Å²) in [6, 6.07) is 4.97. The van der Waals surface area contributed by atoms with Gasteiger partial charge in [-0.25, -0.2) is 9.59 Å².